The van der Waals surface area contributed by atoms with Crippen LogP contribution in [0.15, 0.2) is 24.3 Å². The van der Waals surface area contributed by atoms with Crippen molar-refractivity contribution in [1.82, 2.24) is 16.2 Å². The van der Waals surface area contributed by atoms with E-state index >= 15 is 0 Å². The van der Waals surface area contributed by atoms with Gasteiger partial charge >= 0.3 is 0 Å². The molecule has 1 saturated heterocycles. The topological polar surface area (TPSA) is 62.4 Å². The van der Waals surface area contributed by atoms with E-state index in [-0.39, 0.29) is 18.7 Å². The molecule has 18 heavy (non-hydrogen) atoms. The number of amides is 1. The van der Waals surface area contributed by atoms with Gasteiger partial charge in [-0.2, -0.15) is 0 Å². The normalized spacial score (nSPS) is 22.8. The predicted molar refractivity (Wildman–Crippen MR) is 69.0 cm³/mol. The standard InChI is InChI=1S/C13H19N3O2/c1-9-4-3-5-11(6-9)18-8-13(17)14-12-7-10(2)15-16-12/h3-6,10,12,15-16H,7-8H2,1-2H3,(H,14,17). The van der Waals surface area contributed by atoms with E-state index in [9.17, 15) is 4.79 Å². The van der Waals surface area contributed by atoms with Crippen molar-refractivity contribution in [3.8, 4) is 5.75 Å². The lowest BCUT2D eigenvalue weighted by Gasteiger charge is -2.12. The van der Waals surface area contributed by atoms with Crippen LogP contribution in [0.25, 0.3) is 0 Å². The van der Waals surface area contributed by atoms with Crippen molar-refractivity contribution in [1.29, 1.82) is 0 Å². The minimum Gasteiger partial charge on any atom is -0.484 e. The van der Waals surface area contributed by atoms with Crippen LogP contribution in [0.2, 0.25) is 0 Å². The molecule has 98 valence electrons. The molecule has 1 aliphatic rings. The fourth-order valence-electron chi connectivity index (χ4n) is 1.90. The van der Waals surface area contributed by atoms with Crippen LogP contribution in [0.5, 0.6) is 5.75 Å². The molecule has 1 heterocycles. The fraction of sp³-hybridized carbons (Fsp3) is 0.462. The van der Waals surface area contributed by atoms with Crippen molar-refractivity contribution in [3.05, 3.63) is 29.8 Å². The summed E-state index contributed by atoms with van der Waals surface area (Å²) in [6.45, 7) is 4.08. The van der Waals surface area contributed by atoms with Crippen molar-refractivity contribution in [2.24, 2.45) is 0 Å². The monoisotopic (exact) mass is 249 g/mol. The quantitative estimate of drug-likeness (QED) is 0.735. The molecule has 5 nitrogen and oxygen atoms in total. The lowest BCUT2D eigenvalue weighted by atomic mass is 10.2. The number of hydrogen-bond acceptors (Lipinski definition) is 4. The third-order valence-corrected chi connectivity index (χ3v) is 2.79. The van der Waals surface area contributed by atoms with E-state index in [4.69, 9.17) is 4.74 Å². The third-order valence-electron chi connectivity index (χ3n) is 2.79. The Kier molecular flexibility index (Phi) is 4.17. The molecule has 2 atom stereocenters. The summed E-state index contributed by atoms with van der Waals surface area (Å²) in [5.41, 5.74) is 7.17. The van der Waals surface area contributed by atoms with Crippen molar-refractivity contribution in [2.45, 2.75) is 32.5 Å². The zero-order valence-electron chi connectivity index (χ0n) is 10.7. The second kappa shape index (κ2) is 5.84. The Balaban J connectivity index is 1.75. The van der Waals surface area contributed by atoms with Crippen LogP contribution in [0.4, 0.5) is 0 Å². The molecular formula is C13H19N3O2. The molecule has 0 bridgehead atoms. The second-order valence-electron chi connectivity index (χ2n) is 4.65. The molecule has 0 aliphatic carbocycles. The number of carbonyl (C=O) groups is 1. The first-order valence-corrected chi connectivity index (χ1v) is 6.13. The molecular weight excluding hydrogens is 230 g/mol. The van der Waals surface area contributed by atoms with E-state index in [0.717, 1.165) is 17.7 Å². The van der Waals surface area contributed by atoms with Gasteiger partial charge < -0.3 is 10.1 Å². The van der Waals surface area contributed by atoms with Crippen LogP contribution in [0.1, 0.15) is 18.9 Å². The van der Waals surface area contributed by atoms with Gasteiger partial charge in [0.2, 0.25) is 0 Å². The molecule has 1 amide bonds. The van der Waals surface area contributed by atoms with Gasteiger partial charge in [-0.15, -0.1) is 0 Å². The maximum Gasteiger partial charge on any atom is 0.259 e. The first-order valence-electron chi connectivity index (χ1n) is 6.13. The molecule has 0 radical (unpaired) electrons. The number of ether oxygens (including phenoxy) is 1. The van der Waals surface area contributed by atoms with Gasteiger partial charge in [-0.25, -0.2) is 5.43 Å². The summed E-state index contributed by atoms with van der Waals surface area (Å²) in [6, 6.07) is 8.02. The van der Waals surface area contributed by atoms with E-state index in [2.05, 4.69) is 23.1 Å². The first kappa shape index (κ1) is 12.9. The lowest BCUT2D eigenvalue weighted by molar-refractivity contribution is -0.123. The zero-order valence-corrected chi connectivity index (χ0v) is 10.7. The highest BCUT2D eigenvalue weighted by atomic mass is 16.5. The van der Waals surface area contributed by atoms with Gasteiger partial charge in [-0.05, 0) is 38.0 Å². The molecule has 5 heteroatoms. The number of aryl methyl sites for hydroxylation is 1. The molecule has 1 aromatic carbocycles. The van der Waals surface area contributed by atoms with Gasteiger partial charge in [0, 0.05) is 6.04 Å². The minimum atomic E-state index is -0.120. The Bertz CT molecular complexity index is 422. The Labute approximate surface area is 107 Å². The summed E-state index contributed by atoms with van der Waals surface area (Å²) in [7, 11) is 0. The highest BCUT2D eigenvalue weighted by Crippen LogP contribution is 2.12. The summed E-state index contributed by atoms with van der Waals surface area (Å²) >= 11 is 0. The maximum absolute atomic E-state index is 11.7. The molecule has 2 unspecified atom stereocenters. The van der Waals surface area contributed by atoms with Gasteiger partial charge in [-0.3, -0.25) is 10.2 Å². The molecule has 0 aromatic heterocycles. The number of carbonyl (C=O) groups excluding carboxylic acids is 1. The average Bonchev–Trinajstić information content (AvgIpc) is 2.72. The summed E-state index contributed by atoms with van der Waals surface area (Å²) in [5.74, 6) is 0.598. The van der Waals surface area contributed by atoms with Crippen molar-refractivity contribution >= 4 is 5.91 Å². The van der Waals surface area contributed by atoms with Crippen LogP contribution >= 0.6 is 0 Å². The van der Waals surface area contributed by atoms with E-state index in [0.29, 0.717) is 6.04 Å². The zero-order chi connectivity index (χ0) is 13.0. The van der Waals surface area contributed by atoms with Gasteiger partial charge in [-0.1, -0.05) is 12.1 Å². The van der Waals surface area contributed by atoms with Crippen LogP contribution in [0.3, 0.4) is 0 Å². The number of hydrogen-bond donors (Lipinski definition) is 3. The Morgan fingerprint density at radius 3 is 3.00 bits per heavy atom. The van der Waals surface area contributed by atoms with E-state index in [1.807, 2.05) is 31.2 Å². The molecule has 3 N–H and O–H groups in total. The SMILES string of the molecule is Cc1cccc(OCC(=O)NC2CC(C)NN2)c1. The van der Waals surface area contributed by atoms with Gasteiger partial charge in [0.05, 0.1) is 6.17 Å². The maximum atomic E-state index is 11.7. The highest BCUT2D eigenvalue weighted by molar-refractivity contribution is 5.77. The smallest absolute Gasteiger partial charge is 0.259 e. The molecule has 1 fully saturated rings. The van der Waals surface area contributed by atoms with Crippen LogP contribution < -0.4 is 20.9 Å². The number of benzene rings is 1. The average molecular weight is 249 g/mol. The second-order valence-corrected chi connectivity index (χ2v) is 4.65. The van der Waals surface area contributed by atoms with Crippen LogP contribution in [-0.4, -0.2) is 24.7 Å². The first-order chi connectivity index (χ1) is 8.63. The molecule has 1 aliphatic heterocycles. The van der Waals surface area contributed by atoms with Crippen molar-refractivity contribution < 1.29 is 9.53 Å². The lowest BCUT2D eigenvalue weighted by Crippen LogP contribution is -2.45. The summed E-state index contributed by atoms with van der Waals surface area (Å²) < 4.78 is 5.43. The van der Waals surface area contributed by atoms with Crippen LogP contribution in [0, 0.1) is 6.92 Å². The van der Waals surface area contributed by atoms with Gasteiger partial charge in [0.15, 0.2) is 6.61 Å². The Hall–Kier alpha value is -1.59. The predicted octanol–water partition coefficient (Wildman–Crippen LogP) is 0.703. The third kappa shape index (κ3) is 3.72. The highest BCUT2D eigenvalue weighted by Gasteiger charge is 2.21. The molecule has 1 aromatic rings. The summed E-state index contributed by atoms with van der Waals surface area (Å²) in [5, 5.41) is 2.86. The number of hydrazine groups is 1. The van der Waals surface area contributed by atoms with E-state index < -0.39 is 0 Å². The summed E-state index contributed by atoms with van der Waals surface area (Å²) in [4.78, 5) is 11.7. The minimum absolute atomic E-state index is 0.0198. The molecule has 0 saturated carbocycles. The van der Waals surface area contributed by atoms with Crippen molar-refractivity contribution in [3.63, 3.8) is 0 Å². The van der Waals surface area contributed by atoms with E-state index in [1.165, 1.54) is 0 Å². The van der Waals surface area contributed by atoms with E-state index in [1.54, 1.807) is 0 Å². The summed E-state index contributed by atoms with van der Waals surface area (Å²) in [6.07, 6.45) is 0.851. The number of nitrogens with one attached hydrogen (secondary N) is 3. The largest absolute Gasteiger partial charge is 0.484 e. The fourth-order valence-corrected chi connectivity index (χ4v) is 1.90. The molecule has 2 rings (SSSR count). The van der Waals surface area contributed by atoms with Crippen molar-refractivity contribution in [2.75, 3.05) is 6.61 Å². The van der Waals surface area contributed by atoms with Crippen LogP contribution in [-0.2, 0) is 4.79 Å². The number of rotatable bonds is 4. The molecule has 0 spiro atoms. The van der Waals surface area contributed by atoms with Gasteiger partial charge in [0.1, 0.15) is 5.75 Å². The Morgan fingerprint density at radius 2 is 2.33 bits per heavy atom. The van der Waals surface area contributed by atoms with Gasteiger partial charge in [0.25, 0.3) is 5.91 Å². The Morgan fingerprint density at radius 1 is 1.50 bits per heavy atom.